The summed E-state index contributed by atoms with van der Waals surface area (Å²) in [5.41, 5.74) is 8.45. The van der Waals surface area contributed by atoms with Crippen LogP contribution < -0.4 is 5.73 Å². The summed E-state index contributed by atoms with van der Waals surface area (Å²) in [6.45, 7) is 1.83. The molecule has 3 rings (SSSR count). The molecular formula is C16H14ClN5O. The Morgan fingerprint density at radius 2 is 2.04 bits per heavy atom. The van der Waals surface area contributed by atoms with Crippen molar-refractivity contribution in [1.29, 1.82) is 0 Å². The highest BCUT2D eigenvalue weighted by atomic mass is 35.5. The van der Waals surface area contributed by atoms with Crippen LogP contribution in [0.5, 0.6) is 0 Å². The number of nitrogens with two attached hydrogens (primary N) is 1. The summed E-state index contributed by atoms with van der Waals surface area (Å²) in [5.74, 6) is -0.531. The molecular weight excluding hydrogens is 314 g/mol. The summed E-state index contributed by atoms with van der Waals surface area (Å²) in [6.07, 6.45) is 3.37. The molecule has 1 amide bonds. The second kappa shape index (κ2) is 6.18. The molecule has 0 saturated heterocycles. The first-order valence-electron chi connectivity index (χ1n) is 6.99. The van der Waals surface area contributed by atoms with Crippen molar-refractivity contribution in [2.45, 2.75) is 12.3 Å². The molecule has 2 N–H and O–H groups in total. The predicted molar refractivity (Wildman–Crippen MR) is 87.4 cm³/mol. The molecule has 2 aromatic heterocycles. The Hall–Kier alpha value is -2.73. The molecule has 3 aromatic rings. The Balaban J connectivity index is 2.17. The fourth-order valence-corrected chi connectivity index (χ4v) is 2.37. The first kappa shape index (κ1) is 15.2. The lowest BCUT2D eigenvalue weighted by molar-refractivity contribution is 0.100. The number of amides is 1. The number of pyridine rings is 1. The van der Waals surface area contributed by atoms with Crippen LogP contribution in [0, 0.1) is 0 Å². The number of para-hydroxylation sites is 1. The average molecular weight is 328 g/mol. The van der Waals surface area contributed by atoms with E-state index in [2.05, 4.69) is 15.3 Å². The van der Waals surface area contributed by atoms with E-state index in [1.165, 1.54) is 0 Å². The third kappa shape index (κ3) is 2.93. The minimum absolute atomic E-state index is 0.244. The molecule has 1 aromatic carbocycles. The fraction of sp³-hybridized carbons (Fsp3) is 0.125. The number of primary amides is 1. The second-order valence-corrected chi connectivity index (χ2v) is 5.64. The summed E-state index contributed by atoms with van der Waals surface area (Å²) < 4.78 is 1.61. The lowest BCUT2D eigenvalue weighted by Crippen LogP contribution is -2.13. The van der Waals surface area contributed by atoms with Gasteiger partial charge in [-0.2, -0.15) is 0 Å². The third-order valence-electron chi connectivity index (χ3n) is 3.40. The standard InChI is InChI=1S/C16H14ClN5O/c1-10(17)13-9-22(21-20-13)14-7-3-2-5-11(14)15-12(16(18)23)6-4-8-19-15/h2-10H,1H3,(H2,18,23). The number of carbonyl (C=O) groups is 1. The van der Waals surface area contributed by atoms with Gasteiger partial charge in [0.05, 0.1) is 28.5 Å². The van der Waals surface area contributed by atoms with Gasteiger partial charge in [0, 0.05) is 11.8 Å². The SMILES string of the molecule is CC(Cl)c1cn(-c2ccccc2-c2ncccc2C(N)=O)nn1. The third-order valence-corrected chi connectivity index (χ3v) is 3.62. The molecule has 0 bridgehead atoms. The van der Waals surface area contributed by atoms with E-state index in [0.717, 1.165) is 11.3 Å². The summed E-state index contributed by atoms with van der Waals surface area (Å²) in [4.78, 5) is 16.0. The van der Waals surface area contributed by atoms with Gasteiger partial charge >= 0.3 is 0 Å². The van der Waals surface area contributed by atoms with Gasteiger partial charge < -0.3 is 5.73 Å². The number of nitrogens with zero attached hydrogens (tertiary/aromatic N) is 4. The monoisotopic (exact) mass is 327 g/mol. The molecule has 116 valence electrons. The number of alkyl halides is 1. The van der Waals surface area contributed by atoms with E-state index >= 15 is 0 Å². The highest BCUT2D eigenvalue weighted by Crippen LogP contribution is 2.28. The summed E-state index contributed by atoms with van der Waals surface area (Å²) in [6, 6.07) is 10.8. The minimum atomic E-state index is -0.531. The predicted octanol–water partition coefficient (Wildman–Crippen LogP) is 2.73. The highest BCUT2D eigenvalue weighted by molar-refractivity contribution is 6.20. The first-order valence-corrected chi connectivity index (χ1v) is 7.42. The van der Waals surface area contributed by atoms with E-state index in [4.69, 9.17) is 17.3 Å². The summed E-state index contributed by atoms with van der Waals surface area (Å²) in [7, 11) is 0. The maximum atomic E-state index is 11.7. The number of carbonyl (C=O) groups excluding carboxylic acids is 1. The van der Waals surface area contributed by atoms with Gasteiger partial charge in [-0.15, -0.1) is 16.7 Å². The van der Waals surface area contributed by atoms with Gasteiger partial charge in [-0.3, -0.25) is 9.78 Å². The Morgan fingerprint density at radius 1 is 1.26 bits per heavy atom. The molecule has 1 atom stereocenters. The lowest BCUT2D eigenvalue weighted by atomic mass is 10.0. The van der Waals surface area contributed by atoms with Crippen molar-refractivity contribution in [2.75, 3.05) is 0 Å². The van der Waals surface area contributed by atoms with Crippen molar-refractivity contribution in [3.05, 3.63) is 60.0 Å². The van der Waals surface area contributed by atoms with Crippen LogP contribution in [0.1, 0.15) is 28.4 Å². The molecule has 0 radical (unpaired) electrons. The quantitative estimate of drug-likeness (QED) is 0.746. The van der Waals surface area contributed by atoms with E-state index in [-0.39, 0.29) is 5.38 Å². The van der Waals surface area contributed by atoms with E-state index in [9.17, 15) is 4.79 Å². The van der Waals surface area contributed by atoms with Gasteiger partial charge in [-0.05, 0) is 25.1 Å². The van der Waals surface area contributed by atoms with Crippen molar-refractivity contribution in [3.63, 3.8) is 0 Å². The van der Waals surface area contributed by atoms with Crippen LogP contribution in [0.4, 0.5) is 0 Å². The largest absolute Gasteiger partial charge is 0.366 e. The first-order chi connectivity index (χ1) is 11.1. The summed E-state index contributed by atoms with van der Waals surface area (Å²) >= 11 is 6.04. The number of hydrogen-bond donors (Lipinski definition) is 1. The van der Waals surface area contributed by atoms with Crippen molar-refractivity contribution in [2.24, 2.45) is 5.73 Å². The molecule has 7 heteroatoms. The van der Waals surface area contributed by atoms with Crippen LogP contribution in [-0.2, 0) is 0 Å². The van der Waals surface area contributed by atoms with Gasteiger partial charge in [0.2, 0.25) is 0 Å². The number of halogens is 1. The maximum Gasteiger partial charge on any atom is 0.250 e. The number of rotatable bonds is 4. The summed E-state index contributed by atoms with van der Waals surface area (Å²) in [5, 5.41) is 7.92. The molecule has 0 aliphatic rings. The zero-order valence-electron chi connectivity index (χ0n) is 12.3. The molecule has 0 aliphatic heterocycles. The molecule has 6 nitrogen and oxygen atoms in total. The molecule has 23 heavy (non-hydrogen) atoms. The van der Waals surface area contributed by atoms with Gasteiger partial charge in [-0.25, -0.2) is 4.68 Å². The lowest BCUT2D eigenvalue weighted by Gasteiger charge is -2.10. The van der Waals surface area contributed by atoms with Gasteiger partial charge in [-0.1, -0.05) is 23.4 Å². The molecule has 1 unspecified atom stereocenters. The maximum absolute atomic E-state index is 11.7. The molecule has 0 fully saturated rings. The molecule has 0 spiro atoms. The number of aromatic nitrogens is 4. The highest BCUT2D eigenvalue weighted by Gasteiger charge is 2.16. The van der Waals surface area contributed by atoms with Crippen LogP contribution in [0.15, 0.2) is 48.8 Å². The molecule has 0 aliphatic carbocycles. The van der Waals surface area contributed by atoms with E-state index < -0.39 is 5.91 Å². The Labute approximate surface area is 137 Å². The van der Waals surface area contributed by atoms with E-state index in [1.54, 1.807) is 29.2 Å². The van der Waals surface area contributed by atoms with Gasteiger partial charge in [0.25, 0.3) is 5.91 Å². The molecule has 0 saturated carbocycles. The zero-order chi connectivity index (χ0) is 16.4. The van der Waals surface area contributed by atoms with Crippen LogP contribution in [0.25, 0.3) is 16.9 Å². The van der Waals surface area contributed by atoms with Gasteiger partial charge in [0.1, 0.15) is 5.69 Å². The van der Waals surface area contributed by atoms with E-state index in [0.29, 0.717) is 17.0 Å². The molecule has 2 heterocycles. The van der Waals surface area contributed by atoms with Crippen molar-refractivity contribution in [1.82, 2.24) is 20.0 Å². The van der Waals surface area contributed by atoms with Crippen LogP contribution >= 0.6 is 11.6 Å². The van der Waals surface area contributed by atoms with Crippen molar-refractivity contribution < 1.29 is 4.79 Å². The van der Waals surface area contributed by atoms with Crippen LogP contribution in [0.2, 0.25) is 0 Å². The second-order valence-electron chi connectivity index (χ2n) is 4.98. The number of benzene rings is 1. The van der Waals surface area contributed by atoms with E-state index in [1.807, 2.05) is 31.2 Å². The smallest absolute Gasteiger partial charge is 0.250 e. The Morgan fingerprint density at radius 3 is 2.74 bits per heavy atom. The van der Waals surface area contributed by atoms with Crippen LogP contribution in [0.3, 0.4) is 0 Å². The Kier molecular flexibility index (Phi) is 4.08. The number of hydrogen-bond acceptors (Lipinski definition) is 4. The topological polar surface area (TPSA) is 86.7 Å². The average Bonchev–Trinajstić information content (AvgIpc) is 3.05. The van der Waals surface area contributed by atoms with Crippen LogP contribution in [-0.4, -0.2) is 25.9 Å². The fourth-order valence-electron chi connectivity index (χ4n) is 2.27. The Bertz CT molecular complexity index is 859. The van der Waals surface area contributed by atoms with Crippen molar-refractivity contribution in [3.8, 4) is 16.9 Å². The normalized spacial score (nSPS) is 12.1. The zero-order valence-corrected chi connectivity index (χ0v) is 13.1. The minimum Gasteiger partial charge on any atom is -0.366 e. The van der Waals surface area contributed by atoms with Crippen molar-refractivity contribution >= 4 is 17.5 Å². The van der Waals surface area contributed by atoms with Gasteiger partial charge in [0.15, 0.2) is 0 Å².